The van der Waals surface area contributed by atoms with Gasteiger partial charge in [0.2, 0.25) is 0 Å². The molecule has 124 valence electrons. The second kappa shape index (κ2) is 7.25. The van der Waals surface area contributed by atoms with Gasteiger partial charge in [-0.25, -0.2) is 4.79 Å². The summed E-state index contributed by atoms with van der Waals surface area (Å²) in [7, 11) is 0. The van der Waals surface area contributed by atoms with Crippen molar-refractivity contribution in [2.45, 2.75) is 0 Å². The first-order valence-corrected chi connectivity index (χ1v) is 7.68. The summed E-state index contributed by atoms with van der Waals surface area (Å²) in [6.07, 6.45) is 3.26. The molecule has 6 heteroatoms. The molecule has 2 heterocycles. The summed E-state index contributed by atoms with van der Waals surface area (Å²) in [6, 6.07) is 10.8. The molecular formula is C18H18N2O4. The van der Waals surface area contributed by atoms with E-state index in [1.165, 1.54) is 0 Å². The Balaban J connectivity index is 2.04. The topological polar surface area (TPSA) is 86.8 Å². The number of pyridine rings is 1. The fourth-order valence-electron chi connectivity index (χ4n) is 2.64. The lowest BCUT2D eigenvalue weighted by Crippen LogP contribution is -2.29. The van der Waals surface area contributed by atoms with E-state index in [4.69, 9.17) is 14.6 Å². The van der Waals surface area contributed by atoms with Crippen LogP contribution in [0.5, 0.6) is 0 Å². The summed E-state index contributed by atoms with van der Waals surface area (Å²) < 4.78 is 5.47. The number of aliphatic hydroxyl groups excluding tert-OH is 2. The van der Waals surface area contributed by atoms with Crippen LogP contribution in [-0.2, 0) is 0 Å². The van der Waals surface area contributed by atoms with Gasteiger partial charge >= 0.3 is 5.63 Å². The molecule has 0 unspecified atom stereocenters. The number of hydrogen-bond donors (Lipinski definition) is 2. The van der Waals surface area contributed by atoms with Crippen LogP contribution in [0.2, 0.25) is 0 Å². The highest BCUT2D eigenvalue weighted by atomic mass is 16.4. The number of nitrogens with zero attached hydrogens (tertiary/aromatic N) is 2. The minimum absolute atomic E-state index is 0.0248. The average molecular weight is 326 g/mol. The third-order valence-electron chi connectivity index (χ3n) is 3.82. The van der Waals surface area contributed by atoms with Gasteiger partial charge in [-0.05, 0) is 35.9 Å². The van der Waals surface area contributed by atoms with E-state index in [1.807, 2.05) is 17.0 Å². The lowest BCUT2D eigenvalue weighted by Gasteiger charge is -2.23. The molecule has 0 aliphatic rings. The predicted octanol–water partition coefficient (Wildman–Crippen LogP) is 1.65. The van der Waals surface area contributed by atoms with Crippen LogP contribution < -0.4 is 10.5 Å². The first-order chi connectivity index (χ1) is 11.7. The van der Waals surface area contributed by atoms with Gasteiger partial charge in [-0.15, -0.1) is 0 Å². The van der Waals surface area contributed by atoms with Crippen molar-refractivity contribution in [3.8, 4) is 11.1 Å². The van der Waals surface area contributed by atoms with Gasteiger partial charge in [-0.2, -0.15) is 0 Å². The third-order valence-corrected chi connectivity index (χ3v) is 3.82. The molecule has 0 saturated carbocycles. The van der Waals surface area contributed by atoms with Crippen molar-refractivity contribution in [1.82, 2.24) is 4.98 Å². The van der Waals surface area contributed by atoms with E-state index >= 15 is 0 Å². The summed E-state index contributed by atoms with van der Waals surface area (Å²) in [6.45, 7) is 0.739. The molecule has 1 aromatic carbocycles. The number of aromatic nitrogens is 1. The Morgan fingerprint density at radius 1 is 1.00 bits per heavy atom. The van der Waals surface area contributed by atoms with Crippen LogP contribution in [0.3, 0.4) is 0 Å². The Morgan fingerprint density at radius 3 is 2.38 bits per heavy atom. The molecule has 3 rings (SSSR count). The van der Waals surface area contributed by atoms with E-state index in [1.54, 1.807) is 36.7 Å². The number of fused-ring (bicyclic) bond motifs is 1. The molecule has 0 aliphatic carbocycles. The highest BCUT2D eigenvalue weighted by Crippen LogP contribution is 2.24. The van der Waals surface area contributed by atoms with Crippen molar-refractivity contribution in [1.29, 1.82) is 0 Å². The van der Waals surface area contributed by atoms with Crippen LogP contribution in [0.15, 0.2) is 58.0 Å². The molecule has 0 saturated heterocycles. The van der Waals surface area contributed by atoms with E-state index in [9.17, 15) is 4.79 Å². The van der Waals surface area contributed by atoms with E-state index in [0.29, 0.717) is 24.2 Å². The second-order valence-electron chi connectivity index (χ2n) is 5.34. The summed E-state index contributed by atoms with van der Waals surface area (Å²) >= 11 is 0. The molecule has 2 aromatic heterocycles. The van der Waals surface area contributed by atoms with Crippen molar-refractivity contribution in [3.05, 3.63) is 59.2 Å². The van der Waals surface area contributed by atoms with Gasteiger partial charge in [0, 0.05) is 42.6 Å². The zero-order chi connectivity index (χ0) is 16.9. The monoisotopic (exact) mass is 326 g/mol. The standard InChI is InChI=1S/C18H18N2O4/c21-9-7-20(8-10-22)15-2-1-14-11-16(13-3-5-19-6-4-13)18(23)24-17(14)12-15/h1-6,11-12,21-22H,7-10H2. The maximum atomic E-state index is 12.3. The van der Waals surface area contributed by atoms with E-state index < -0.39 is 5.63 Å². The van der Waals surface area contributed by atoms with Crippen LogP contribution in [0, 0.1) is 0 Å². The molecule has 0 bridgehead atoms. The molecule has 0 spiro atoms. The van der Waals surface area contributed by atoms with Gasteiger partial charge in [-0.3, -0.25) is 4.98 Å². The number of aliphatic hydroxyl groups is 2. The maximum absolute atomic E-state index is 12.3. The Morgan fingerprint density at radius 2 is 1.71 bits per heavy atom. The molecule has 6 nitrogen and oxygen atoms in total. The van der Waals surface area contributed by atoms with Gasteiger partial charge in [0.15, 0.2) is 0 Å². The van der Waals surface area contributed by atoms with Gasteiger partial charge < -0.3 is 19.5 Å². The summed E-state index contributed by atoms with van der Waals surface area (Å²) in [5.41, 5.74) is 2.08. The normalized spacial score (nSPS) is 10.9. The quantitative estimate of drug-likeness (QED) is 0.670. The van der Waals surface area contributed by atoms with Gasteiger partial charge in [0.25, 0.3) is 0 Å². The largest absolute Gasteiger partial charge is 0.422 e. The molecule has 0 amide bonds. The summed E-state index contributed by atoms with van der Waals surface area (Å²) in [5.74, 6) is 0. The van der Waals surface area contributed by atoms with Crippen molar-refractivity contribution < 1.29 is 14.6 Å². The highest BCUT2D eigenvalue weighted by Gasteiger charge is 2.11. The zero-order valence-corrected chi connectivity index (χ0v) is 13.1. The molecule has 2 N–H and O–H groups in total. The van der Waals surface area contributed by atoms with Gasteiger partial charge in [0.05, 0.1) is 18.8 Å². The molecular weight excluding hydrogens is 308 g/mol. The minimum Gasteiger partial charge on any atom is -0.422 e. The van der Waals surface area contributed by atoms with Crippen molar-refractivity contribution in [3.63, 3.8) is 0 Å². The molecule has 3 aromatic rings. The fourth-order valence-corrected chi connectivity index (χ4v) is 2.64. The van der Waals surface area contributed by atoms with Crippen LogP contribution >= 0.6 is 0 Å². The van der Waals surface area contributed by atoms with Gasteiger partial charge in [0.1, 0.15) is 5.58 Å². The third kappa shape index (κ3) is 3.29. The molecule has 0 fully saturated rings. The number of benzene rings is 1. The van der Waals surface area contributed by atoms with Crippen molar-refractivity contribution in [2.24, 2.45) is 0 Å². The van der Waals surface area contributed by atoms with E-state index in [-0.39, 0.29) is 13.2 Å². The van der Waals surface area contributed by atoms with Crippen LogP contribution in [-0.4, -0.2) is 41.5 Å². The molecule has 0 aliphatic heterocycles. The first kappa shape index (κ1) is 16.2. The Hall–Kier alpha value is -2.70. The second-order valence-corrected chi connectivity index (χ2v) is 5.34. The maximum Gasteiger partial charge on any atom is 0.344 e. The first-order valence-electron chi connectivity index (χ1n) is 7.68. The zero-order valence-electron chi connectivity index (χ0n) is 13.1. The smallest absolute Gasteiger partial charge is 0.344 e. The molecule has 24 heavy (non-hydrogen) atoms. The minimum atomic E-state index is -0.415. The summed E-state index contributed by atoms with van der Waals surface area (Å²) in [5, 5.41) is 19.1. The average Bonchev–Trinajstić information content (AvgIpc) is 2.61. The number of hydrogen-bond acceptors (Lipinski definition) is 6. The van der Waals surface area contributed by atoms with E-state index in [2.05, 4.69) is 4.98 Å². The highest BCUT2D eigenvalue weighted by molar-refractivity contribution is 5.84. The van der Waals surface area contributed by atoms with Crippen molar-refractivity contribution in [2.75, 3.05) is 31.2 Å². The SMILES string of the molecule is O=c1oc2cc(N(CCO)CCO)ccc2cc1-c1ccncc1. The predicted molar refractivity (Wildman–Crippen MR) is 92.1 cm³/mol. The lowest BCUT2D eigenvalue weighted by molar-refractivity contribution is 0.281. The Bertz CT molecular complexity index is 871. The van der Waals surface area contributed by atoms with Crippen LogP contribution in [0.25, 0.3) is 22.1 Å². The fraction of sp³-hybridized carbons (Fsp3) is 0.222. The van der Waals surface area contributed by atoms with Crippen molar-refractivity contribution >= 4 is 16.7 Å². The van der Waals surface area contributed by atoms with E-state index in [0.717, 1.165) is 16.6 Å². The summed E-state index contributed by atoms with van der Waals surface area (Å²) in [4.78, 5) is 18.1. The van der Waals surface area contributed by atoms with Crippen LogP contribution in [0.1, 0.15) is 0 Å². The number of anilines is 1. The van der Waals surface area contributed by atoms with Crippen LogP contribution in [0.4, 0.5) is 5.69 Å². The Labute approximate surface area is 138 Å². The Kier molecular flexibility index (Phi) is 4.88. The number of rotatable bonds is 6. The van der Waals surface area contributed by atoms with Gasteiger partial charge in [-0.1, -0.05) is 0 Å². The molecule has 0 atom stereocenters. The lowest BCUT2D eigenvalue weighted by atomic mass is 10.1. The molecule has 0 radical (unpaired) electrons.